The Morgan fingerprint density at radius 3 is 2.37 bits per heavy atom. The summed E-state index contributed by atoms with van der Waals surface area (Å²) in [5.74, 6) is 0.408. The van der Waals surface area contributed by atoms with Crippen LogP contribution >= 0.6 is 0 Å². The second-order valence-electron chi connectivity index (χ2n) is 4.74. The number of carbonyl (C=O) groups is 1. The number of sulfonamides is 1. The molecule has 1 amide bonds. The van der Waals surface area contributed by atoms with Crippen molar-refractivity contribution in [1.82, 2.24) is 0 Å². The maximum Gasteiger partial charge on any atom is 0.279 e. The molecule has 0 saturated carbocycles. The van der Waals surface area contributed by atoms with E-state index in [1.54, 1.807) is 0 Å². The van der Waals surface area contributed by atoms with E-state index in [1.165, 1.54) is 24.3 Å². The molecule has 1 aromatic rings. The fourth-order valence-electron chi connectivity index (χ4n) is 1.49. The van der Waals surface area contributed by atoms with Gasteiger partial charge in [-0.1, -0.05) is 13.8 Å². The van der Waals surface area contributed by atoms with E-state index in [1.807, 2.05) is 5.32 Å². The van der Waals surface area contributed by atoms with Crippen LogP contribution in [0.1, 0.15) is 13.8 Å². The van der Waals surface area contributed by atoms with E-state index < -0.39 is 10.0 Å². The molecule has 7 heteroatoms. The minimum Gasteiger partial charge on any atom is -0.338 e. The smallest absolute Gasteiger partial charge is 0.279 e. The molecule has 0 aliphatic heterocycles. The lowest BCUT2D eigenvalue weighted by Crippen LogP contribution is -2.87. The zero-order valence-corrected chi connectivity index (χ0v) is 11.9. The Balaban J connectivity index is 2.52. The number of benzene rings is 1. The summed E-state index contributed by atoms with van der Waals surface area (Å²) in [5.41, 5.74) is 0.551. The number of nitrogens with one attached hydrogen (secondary N) is 1. The molecule has 19 heavy (non-hydrogen) atoms. The van der Waals surface area contributed by atoms with E-state index in [-0.39, 0.29) is 10.8 Å². The average Bonchev–Trinajstić information content (AvgIpc) is 2.27. The van der Waals surface area contributed by atoms with Crippen molar-refractivity contribution in [3.8, 4) is 0 Å². The molecule has 0 radical (unpaired) electrons. The first-order chi connectivity index (χ1) is 8.79. The van der Waals surface area contributed by atoms with Crippen molar-refractivity contribution in [1.29, 1.82) is 0 Å². The van der Waals surface area contributed by atoms with Crippen LogP contribution in [-0.4, -0.2) is 27.4 Å². The van der Waals surface area contributed by atoms with Crippen LogP contribution in [0.25, 0.3) is 0 Å². The topological polar surface area (TPSA) is 106 Å². The highest BCUT2D eigenvalue weighted by molar-refractivity contribution is 7.89. The van der Waals surface area contributed by atoms with Gasteiger partial charge in [-0.2, -0.15) is 0 Å². The van der Waals surface area contributed by atoms with Crippen molar-refractivity contribution < 1.29 is 18.5 Å². The van der Waals surface area contributed by atoms with Gasteiger partial charge < -0.3 is 10.6 Å². The Labute approximate surface area is 113 Å². The van der Waals surface area contributed by atoms with Crippen molar-refractivity contribution >= 4 is 21.6 Å². The van der Waals surface area contributed by atoms with Gasteiger partial charge in [0.25, 0.3) is 5.91 Å². The van der Waals surface area contributed by atoms with E-state index in [2.05, 4.69) is 19.2 Å². The molecule has 0 aliphatic rings. The van der Waals surface area contributed by atoms with Gasteiger partial charge in [0.1, 0.15) is 0 Å². The average molecular weight is 286 g/mol. The van der Waals surface area contributed by atoms with Gasteiger partial charge in [-0.3, -0.25) is 4.79 Å². The predicted molar refractivity (Wildman–Crippen MR) is 72.9 cm³/mol. The van der Waals surface area contributed by atoms with E-state index >= 15 is 0 Å². The third-order valence-electron chi connectivity index (χ3n) is 2.43. The number of hydrogen-bond donors (Lipinski definition) is 3. The van der Waals surface area contributed by atoms with Gasteiger partial charge in [0.2, 0.25) is 10.0 Å². The lowest BCUT2D eigenvalue weighted by molar-refractivity contribution is -0.648. The number of hydrogen-bond acceptors (Lipinski definition) is 3. The number of nitrogens with two attached hydrogens (primary N) is 2. The molecule has 0 aromatic heterocycles. The number of primary sulfonamides is 1. The van der Waals surface area contributed by atoms with Crippen LogP contribution in [0.2, 0.25) is 0 Å². The van der Waals surface area contributed by atoms with Gasteiger partial charge in [-0.15, -0.1) is 0 Å². The molecule has 0 unspecified atom stereocenters. The minimum atomic E-state index is -3.69. The largest absolute Gasteiger partial charge is 0.338 e. The maximum atomic E-state index is 11.6. The molecule has 1 rings (SSSR count). The highest BCUT2D eigenvalue weighted by Gasteiger charge is 2.09. The zero-order chi connectivity index (χ0) is 14.5. The second kappa shape index (κ2) is 6.65. The summed E-state index contributed by atoms with van der Waals surface area (Å²) in [6.07, 6.45) is 0. The number of carbonyl (C=O) groups excluding carboxylic acids is 1. The van der Waals surface area contributed by atoms with Crippen LogP contribution in [0.5, 0.6) is 0 Å². The summed E-state index contributed by atoms with van der Waals surface area (Å²) >= 11 is 0. The first-order valence-electron chi connectivity index (χ1n) is 6.03. The monoisotopic (exact) mass is 286 g/mol. The molecule has 1 aromatic carbocycles. The van der Waals surface area contributed by atoms with Gasteiger partial charge in [-0.05, 0) is 24.3 Å². The highest BCUT2D eigenvalue weighted by atomic mass is 32.2. The molecule has 6 nitrogen and oxygen atoms in total. The van der Waals surface area contributed by atoms with Gasteiger partial charge in [0.05, 0.1) is 11.4 Å². The Morgan fingerprint density at radius 2 is 1.89 bits per heavy atom. The van der Waals surface area contributed by atoms with Crippen molar-refractivity contribution in [2.75, 3.05) is 18.4 Å². The van der Waals surface area contributed by atoms with Gasteiger partial charge >= 0.3 is 0 Å². The van der Waals surface area contributed by atoms with E-state index in [0.717, 1.165) is 6.54 Å². The summed E-state index contributed by atoms with van der Waals surface area (Å²) in [7, 11) is -3.69. The standard InChI is InChI=1S/C12H19N3O3S/c1-9(2)7-14-8-12(16)15-10-3-5-11(6-4-10)19(13,17)18/h3-6,9,14H,7-8H2,1-2H3,(H,15,16)(H2,13,17,18)/p+1. The van der Waals surface area contributed by atoms with Crippen molar-refractivity contribution in [2.45, 2.75) is 18.7 Å². The SMILES string of the molecule is CC(C)C[NH2+]CC(=O)Nc1ccc(S(N)(=O)=O)cc1. The van der Waals surface area contributed by atoms with Crippen LogP contribution in [0.15, 0.2) is 29.2 Å². The summed E-state index contributed by atoms with van der Waals surface area (Å²) in [5, 5.41) is 9.60. The molecule has 0 atom stereocenters. The molecular formula is C12H20N3O3S+. The van der Waals surface area contributed by atoms with Crippen molar-refractivity contribution in [3.63, 3.8) is 0 Å². The van der Waals surface area contributed by atoms with Crippen LogP contribution in [0, 0.1) is 5.92 Å². The Bertz CT molecular complexity index is 524. The van der Waals surface area contributed by atoms with Crippen molar-refractivity contribution in [3.05, 3.63) is 24.3 Å². The molecule has 0 heterocycles. The fraction of sp³-hybridized carbons (Fsp3) is 0.417. The third-order valence-corrected chi connectivity index (χ3v) is 3.36. The van der Waals surface area contributed by atoms with Crippen LogP contribution in [-0.2, 0) is 14.8 Å². The first kappa shape index (κ1) is 15.6. The quantitative estimate of drug-likeness (QED) is 0.656. The van der Waals surface area contributed by atoms with Crippen molar-refractivity contribution in [2.24, 2.45) is 11.1 Å². The lowest BCUT2D eigenvalue weighted by Gasteiger charge is -2.06. The molecule has 0 saturated heterocycles. The van der Waals surface area contributed by atoms with Crippen LogP contribution < -0.4 is 15.8 Å². The Kier molecular flexibility index (Phi) is 5.46. The molecular weight excluding hydrogens is 266 g/mol. The predicted octanol–water partition coefficient (Wildman–Crippen LogP) is -0.508. The van der Waals surface area contributed by atoms with Gasteiger partial charge in [-0.25, -0.2) is 13.6 Å². The fourth-order valence-corrected chi connectivity index (χ4v) is 2.00. The maximum absolute atomic E-state index is 11.6. The zero-order valence-electron chi connectivity index (χ0n) is 11.1. The molecule has 0 bridgehead atoms. The number of rotatable bonds is 6. The van der Waals surface area contributed by atoms with E-state index in [4.69, 9.17) is 5.14 Å². The number of amides is 1. The third kappa shape index (κ3) is 5.82. The van der Waals surface area contributed by atoms with E-state index in [0.29, 0.717) is 18.2 Å². The summed E-state index contributed by atoms with van der Waals surface area (Å²) in [6, 6.07) is 5.76. The van der Waals surface area contributed by atoms with Gasteiger partial charge in [0, 0.05) is 11.6 Å². The lowest BCUT2D eigenvalue weighted by atomic mass is 10.2. The molecule has 0 fully saturated rings. The van der Waals surface area contributed by atoms with Gasteiger partial charge in [0.15, 0.2) is 6.54 Å². The summed E-state index contributed by atoms with van der Waals surface area (Å²) < 4.78 is 22.1. The minimum absolute atomic E-state index is 0.0249. The summed E-state index contributed by atoms with van der Waals surface area (Å²) in [6.45, 7) is 5.40. The van der Waals surface area contributed by atoms with Crippen LogP contribution in [0.4, 0.5) is 5.69 Å². The Hall–Kier alpha value is -1.44. The molecule has 106 valence electrons. The number of quaternary nitrogens is 1. The normalized spacial score (nSPS) is 11.6. The van der Waals surface area contributed by atoms with E-state index in [9.17, 15) is 13.2 Å². The highest BCUT2D eigenvalue weighted by Crippen LogP contribution is 2.12. The molecule has 0 aliphatic carbocycles. The number of anilines is 1. The van der Waals surface area contributed by atoms with Crippen LogP contribution in [0.3, 0.4) is 0 Å². The molecule has 0 spiro atoms. The first-order valence-corrected chi connectivity index (χ1v) is 7.58. The molecule has 5 N–H and O–H groups in total. The Morgan fingerprint density at radius 1 is 1.32 bits per heavy atom. The second-order valence-corrected chi connectivity index (χ2v) is 6.30. The summed E-state index contributed by atoms with van der Waals surface area (Å²) in [4.78, 5) is 11.6.